The number of nitrogens with one attached hydrogen (secondary N) is 2. The third kappa shape index (κ3) is 4.84. The Labute approximate surface area is 151 Å². The van der Waals surface area contributed by atoms with Crippen LogP contribution in [0.15, 0.2) is 41.4 Å². The molecular formula is C17H21ClN6O. The molecule has 0 spiro atoms. The van der Waals surface area contributed by atoms with Gasteiger partial charge in [-0.05, 0) is 19.4 Å². The summed E-state index contributed by atoms with van der Waals surface area (Å²) in [5.41, 5.74) is 13.4. The lowest BCUT2D eigenvalue weighted by molar-refractivity contribution is 0.249. The third-order valence-electron chi connectivity index (χ3n) is 3.48. The minimum atomic E-state index is -0.415. The molecule has 2 aromatic rings. The SMILES string of the molecule is CCN=C(N)c1c(N)cc(NC(=O)NC(C)c2ccccc2)nc1Cl. The molecule has 0 saturated carbocycles. The standard InChI is InChI=1S/C17H21ClN6O/c1-3-21-16(20)14-12(19)9-13(23-15(14)18)24-17(25)22-10(2)11-7-5-4-6-8-11/h4-10H,3H2,1-2H3,(H2,20,21)(H4,19,22,23,24,25). The Hall–Kier alpha value is -2.80. The molecule has 2 amide bonds. The van der Waals surface area contributed by atoms with Crippen LogP contribution in [0.2, 0.25) is 5.15 Å². The first-order valence-electron chi connectivity index (χ1n) is 7.81. The number of carbonyl (C=O) groups is 1. The van der Waals surface area contributed by atoms with Crippen molar-refractivity contribution in [3.05, 3.63) is 52.7 Å². The van der Waals surface area contributed by atoms with E-state index in [1.165, 1.54) is 6.07 Å². The van der Waals surface area contributed by atoms with E-state index < -0.39 is 6.03 Å². The summed E-state index contributed by atoms with van der Waals surface area (Å²) in [6, 6.07) is 10.5. The zero-order chi connectivity index (χ0) is 18.4. The number of benzene rings is 1. The molecule has 0 aliphatic carbocycles. The molecule has 7 nitrogen and oxygen atoms in total. The van der Waals surface area contributed by atoms with Gasteiger partial charge in [-0.3, -0.25) is 10.3 Å². The normalized spacial score (nSPS) is 12.5. The Kier molecular flexibility index (Phi) is 6.19. The van der Waals surface area contributed by atoms with E-state index in [0.717, 1.165) is 5.56 Å². The van der Waals surface area contributed by atoms with Gasteiger partial charge in [0.25, 0.3) is 0 Å². The molecular weight excluding hydrogens is 340 g/mol. The molecule has 0 bridgehead atoms. The number of hydrogen-bond acceptors (Lipinski definition) is 4. The van der Waals surface area contributed by atoms with Gasteiger partial charge in [0.2, 0.25) is 0 Å². The highest BCUT2D eigenvalue weighted by Crippen LogP contribution is 2.23. The van der Waals surface area contributed by atoms with Gasteiger partial charge in [-0.25, -0.2) is 9.78 Å². The lowest BCUT2D eigenvalue weighted by atomic mass is 10.1. The van der Waals surface area contributed by atoms with Crippen molar-refractivity contribution in [1.82, 2.24) is 10.3 Å². The van der Waals surface area contributed by atoms with E-state index in [1.807, 2.05) is 44.2 Å². The number of carbonyl (C=O) groups excluding carboxylic acids is 1. The van der Waals surface area contributed by atoms with Crippen molar-refractivity contribution in [2.75, 3.05) is 17.6 Å². The zero-order valence-electron chi connectivity index (χ0n) is 14.1. The number of aliphatic imine (C=N–C) groups is 1. The molecule has 1 atom stereocenters. The molecule has 132 valence electrons. The van der Waals surface area contributed by atoms with Crippen LogP contribution >= 0.6 is 11.6 Å². The van der Waals surface area contributed by atoms with Crippen LogP contribution in [0.1, 0.15) is 31.0 Å². The first kappa shape index (κ1) is 18.5. The quantitative estimate of drug-likeness (QED) is 0.372. The van der Waals surface area contributed by atoms with Crippen LogP contribution in [-0.2, 0) is 0 Å². The Morgan fingerprint density at radius 2 is 2.04 bits per heavy atom. The largest absolute Gasteiger partial charge is 0.398 e. The Bertz CT molecular complexity index is 755. The molecule has 6 N–H and O–H groups in total. The van der Waals surface area contributed by atoms with Gasteiger partial charge in [-0.1, -0.05) is 41.9 Å². The molecule has 8 heteroatoms. The number of aromatic nitrogens is 1. The number of pyridine rings is 1. The number of hydrogen-bond donors (Lipinski definition) is 4. The molecule has 0 aliphatic heterocycles. The fourth-order valence-corrected chi connectivity index (χ4v) is 2.57. The van der Waals surface area contributed by atoms with Crippen molar-refractivity contribution in [2.24, 2.45) is 10.7 Å². The smallest absolute Gasteiger partial charge is 0.320 e. The second-order valence-electron chi connectivity index (χ2n) is 5.35. The van der Waals surface area contributed by atoms with E-state index in [4.69, 9.17) is 23.1 Å². The molecule has 1 aromatic heterocycles. The summed E-state index contributed by atoms with van der Waals surface area (Å²) in [6.45, 7) is 4.23. The minimum absolute atomic E-state index is 0.0844. The number of urea groups is 1. The van der Waals surface area contributed by atoms with Crippen LogP contribution in [0.4, 0.5) is 16.3 Å². The zero-order valence-corrected chi connectivity index (χ0v) is 14.8. The molecule has 2 rings (SSSR count). The molecule has 1 aromatic carbocycles. The summed E-state index contributed by atoms with van der Waals surface area (Å²) >= 11 is 6.13. The van der Waals surface area contributed by atoms with Crippen LogP contribution in [0.25, 0.3) is 0 Å². The van der Waals surface area contributed by atoms with Crippen molar-refractivity contribution < 1.29 is 4.79 Å². The average molecular weight is 361 g/mol. The molecule has 1 unspecified atom stereocenters. The highest BCUT2D eigenvalue weighted by Gasteiger charge is 2.15. The van der Waals surface area contributed by atoms with Crippen molar-refractivity contribution in [1.29, 1.82) is 0 Å². The number of nitrogens with two attached hydrogens (primary N) is 2. The topological polar surface area (TPSA) is 118 Å². The highest BCUT2D eigenvalue weighted by molar-refractivity contribution is 6.33. The van der Waals surface area contributed by atoms with Gasteiger partial charge in [-0.2, -0.15) is 0 Å². The van der Waals surface area contributed by atoms with Crippen LogP contribution in [-0.4, -0.2) is 23.4 Å². The number of rotatable bonds is 5. The highest BCUT2D eigenvalue weighted by atomic mass is 35.5. The van der Waals surface area contributed by atoms with Gasteiger partial charge in [0.05, 0.1) is 11.6 Å². The first-order valence-corrected chi connectivity index (χ1v) is 8.19. The second-order valence-corrected chi connectivity index (χ2v) is 5.71. The van der Waals surface area contributed by atoms with Crippen molar-refractivity contribution >= 4 is 35.0 Å². The van der Waals surface area contributed by atoms with Gasteiger partial charge in [-0.15, -0.1) is 0 Å². The maximum Gasteiger partial charge on any atom is 0.320 e. The Morgan fingerprint density at radius 3 is 2.64 bits per heavy atom. The van der Waals surface area contributed by atoms with E-state index in [2.05, 4.69) is 20.6 Å². The van der Waals surface area contributed by atoms with E-state index in [-0.39, 0.29) is 22.8 Å². The number of nitrogen functional groups attached to an aromatic ring is 1. The molecule has 0 fully saturated rings. The van der Waals surface area contributed by atoms with Crippen LogP contribution < -0.4 is 22.1 Å². The number of halogens is 1. The predicted octanol–water partition coefficient (Wildman–Crippen LogP) is 2.93. The molecule has 0 saturated heterocycles. The average Bonchev–Trinajstić information content (AvgIpc) is 2.55. The fraction of sp³-hybridized carbons (Fsp3) is 0.235. The summed E-state index contributed by atoms with van der Waals surface area (Å²) in [6.07, 6.45) is 0. The van der Waals surface area contributed by atoms with Gasteiger partial charge in [0, 0.05) is 18.3 Å². The van der Waals surface area contributed by atoms with Gasteiger partial charge >= 0.3 is 6.03 Å². The number of anilines is 2. The monoisotopic (exact) mass is 360 g/mol. The maximum atomic E-state index is 12.1. The van der Waals surface area contributed by atoms with Crippen molar-refractivity contribution in [2.45, 2.75) is 19.9 Å². The lowest BCUT2D eigenvalue weighted by Crippen LogP contribution is -2.31. The van der Waals surface area contributed by atoms with E-state index >= 15 is 0 Å². The number of amidine groups is 1. The van der Waals surface area contributed by atoms with Crippen LogP contribution in [0, 0.1) is 0 Å². The number of nitrogens with zero attached hydrogens (tertiary/aromatic N) is 2. The first-order chi connectivity index (χ1) is 11.9. The number of amides is 2. The lowest BCUT2D eigenvalue weighted by Gasteiger charge is -2.15. The fourth-order valence-electron chi connectivity index (χ4n) is 2.27. The summed E-state index contributed by atoms with van der Waals surface area (Å²) in [4.78, 5) is 20.3. The van der Waals surface area contributed by atoms with E-state index in [9.17, 15) is 4.79 Å². The molecule has 25 heavy (non-hydrogen) atoms. The van der Waals surface area contributed by atoms with Crippen molar-refractivity contribution in [3.63, 3.8) is 0 Å². The Morgan fingerprint density at radius 1 is 1.36 bits per heavy atom. The van der Waals surface area contributed by atoms with Gasteiger partial charge in [0.15, 0.2) is 0 Å². The van der Waals surface area contributed by atoms with Crippen LogP contribution in [0.3, 0.4) is 0 Å². The van der Waals surface area contributed by atoms with E-state index in [1.54, 1.807) is 0 Å². The van der Waals surface area contributed by atoms with E-state index in [0.29, 0.717) is 17.8 Å². The maximum absolute atomic E-state index is 12.1. The summed E-state index contributed by atoms with van der Waals surface area (Å²) < 4.78 is 0. The summed E-state index contributed by atoms with van der Waals surface area (Å²) in [7, 11) is 0. The minimum Gasteiger partial charge on any atom is -0.398 e. The summed E-state index contributed by atoms with van der Waals surface area (Å²) in [5, 5.41) is 5.52. The Balaban J connectivity index is 2.10. The molecule has 1 heterocycles. The van der Waals surface area contributed by atoms with Gasteiger partial charge in [0.1, 0.15) is 16.8 Å². The van der Waals surface area contributed by atoms with Crippen molar-refractivity contribution in [3.8, 4) is 0 Å². The summed E-state index contributed by atoms with van der Waals surface area (Å²) in [5.74, 6) is 0.444. The third-order valence-corrected chi connectivity index (χ3v) is 3.75. The molecule has 0 aliphatic rings. The van der Waals surface area contributed by atoms with Gasteiger partial charge < -0.3 is 16.8 Å². The second kappa shape index (κ2) is 8.34. The molecule has 0 radical (unpaired) electrons. The predicted molar refractivity (Wildman–Crippen MR) is 102 cm³/mol. The van der Waals surface area contributed by atoms with Crippen LogP contribution in [0.5, 0.6) is 0 Å².